The zero-order valence-electron chi connectivity index (χ0n) is 14.5. The van der Waals surface area contributed by atoms with Gasteiger partial charge in [-0.25, -0.2) is 13.4 Å². The molecule has 1 aromatic heterocycles. The number of hydrogen-bond donors (Lipinski definition) is 1. The molecule has 2 aromatic rings. The van der Waals surface area contributed by atoms with Gasteiger partial charge in [-0.2, -0.15) is 17.5 Å². The van der Waals surface area contributed by atoms with Gasteiger partial charge in [0.1, 0.15) is 5.82 Å². The van der Waals surface area contributed by atoms with Crippen molar-refractivity contribution in [1.29, 1.82) is 0 Å². The van der Waals surface area contributed by atoms with Gasteiger partial charge >= 0.3 is 6.18 Å². The van der Waals surface area contributed by atoms with Crippen molar-refractivity contribution in [1.82, 2.24) is 19.2 Å². The van der Waals surface area contributed by atoms with Crippen LogP contribution in [0.25, 0.3) is 0 Å². The van der Waals surface area contributed by atoms with Crippen molar-refractivity contribution in [3.63, 3.8) is 0 Å². The molecule has 0 radical (unpaired) electrons. The van der Waals surface area contributed by atoms with Crippen molar-refractivity contribution in [2.45, 2.75) is 18.0 Å². The van der Waals surface area contributed by atoms with Crippen LogP contribution < -0.4 is 5.32 Å². The highest BCUT2D eigenvalue weighted by Crippen LogP contribution is 2.34. The van der Waals surface area contributed by atoms with Crippen molar-refractivity contribution in [2.24, 2.45) is 7.05 Å². The number of hydrogen-bond acceptors (Lipinski definition) is 4. The van der Waals surface area contributed by atoms with Gasteiger partial charge in [0, 0.05) is 39.1 Å². The van der Waals surface area contributed by atoms with Crippen molar-refractivity contribution < 1.29 is 21.6 Å². The average Bonchev–Trinajstić information content (AvgIpc) is 3.00. The molecule has 2 heterocycles. The predicted molar refractivity (Wildman–Crippen MR) is 96.8 cm³/mol. The molecule has 3 rings (SSSR count). The summed E-state index contributed by atoms with van der Waals surface area (Å²) < 4.78 is 68.4. The van der Waals surface area contributed by atoms with E-state index in [2.05, 4.69) is 10.3 Å². The number of imidazole rings is 1. The maximum absolute atomic E-state index is 13.2. The van der Waals surface area contributed by atoms with Crippen LogP contribution in [0, 0.1) is 0 Å². The summed E-state index contributed by atoms with van der Waals surface area (Å²) in [5.74, 6) is -0.159. The summed E-state index contributed by atoms with van der Waals surface area (Å²) in [5, 5.41) is 3.11. The first-order valence-corrected chi connectivity index (χ1v) is 9.63. The Labute approximate surface area is 161 Å². The number of aromatic nitrogens is 2. The number of halogens is 4. The van der Waals surface area contributed by atoms with Crippen molar-refractivity contribution >= 4 is 22.4 Å². The molecule has 1 saturated heterocycles. The third-order valence-corrected chi connectivity index (χ3v) is 6.20. The van der Waals surface area contributed by atoms with E-state index in [-0.39, 0.29) is 24.5 Å². The van der Waals surface area contributed by atoms with Crippen molar-refractivity contribution in [2.75, 3.05) is 19.6 Å². The molecule has 6 nitrogen and oxygen atoms in total. The number of alkyl halides is 3. The fraction of sp³-hybridized carbons (Fsp3) is 0.438. The quantitative estimate of drug-likeness (QED) is 0.818. The van der Waals surface area contributed by atoms with Gasteiger partial charge in [-0.1, -0.05) is 18.2 Å². The second-order valence-corrected chi connectivity index (χ2v) is 8.06. The molecule has 1 fully saturated rings. The minimum absolute atomic E-state index is 0. The highest BCUT2D eigenvalue weighted by atomic mass is 35.5. The summed E-state index contributed by atoms with van der Waals surface area (Å²) in [6.07, 6.45) is -1.34. The van der Waals surface area contributed by atoms with E-state index in [1.54, 1.807) is 24.0 Å². The molecule has 1 aromatic carbocycles. The minimum Gasteiger partial charge on any atom is -0.337 e. The molecule has 27 heavy (non-hydrogen) atoms. The van der Waals surface area contributed by atoms with E-state index in [1.165, 1.54) is 22.5 Å². The van der Waals surface area contributed by atoms with Gasteiger partial charge in [0.2, 0.25) is 10.0 Å². The van der Waals surface area contributed by atoms with Crippen LogP contribution >= 0.6 is 12.4 Å². The molecule has 1 aliphatic heterocycles. The Kier molecular flexibility index (Phi) is 6.56. The first-order valence-electron chi connectivity index (χ1n) is 8.03. The lowest BCUT2D eigenvalue weighted by Crippen LogP contribution is -2.49. The van der Waals surface area contributed by atoms with E-state index in [0.29, 0.717) is 18.9 Å². The highest BCUT2D eigenvalue weighted by Gasteiger charge is 2.38. The van der Waals surface area contributed by atoms with Crippen LogP contribution in [0.1, 0.15) is 23.0 Å². The van der Waals surface area contributed by atoms with Gasteiger partial charge in [-0.3, -0.25) is 0 Å². The summed E-state index contributed by atoms with van der Waals surface area (Å²) in [5.41, 5.74) is -1.18. The topological polar surface area (TPSA) is 67.2 Å². The maximum Gasteiger partial charge on any atom is 0.416 e. The molecule has 1 N–H and O–H groups in total. The molecule has 0 bridgehead atoms. The second kappa shape index (κ2) is 8.17. The predicted octanol–water partition coefficient (Wildman–Crippen LogP) is 2.34. The van der Waals surface area contributed by atoms with Gasteiger partial charge in [-0.15, -0.1) is 12.4 Å². The van der Waals surface area contributed by atoms with Crippen LogP contribution in [0.4, 0.5) is 13.2 Å². The van der Waals surface area contributed by atoms with E-state index >= 15 is 0 Å². The van der Waals surface area contributed by atoms with Crippen molar-refractivity contribution in [3.05, 3.63) is 53.6 Å². The molecular formula is C16H20ClF3N4O2S. The number of benzene rings is 1. The molecule has 0 spiro atoms. The van der Waals surface area contributed by atoms with Crippen molar-refractivity contribution in [3.8, 4) is 0 Å². The van der Waals surface area contributed by atoms with Crippen LogP contribution in [-0.4, -0.2) is 41.9 Å². The molecule has 1 unspecified atom stereocenters. The van der Waals surface area contributed by atoms with Gasteiger partial charge < -0.3 is 9.88 Å². The third-order valence-electron chi connectivity index (χ3n) is 4.37. The Morgan fingerprint density at radius 1 is 1.30 bits per heavy atom. The Hall–Kier alpha value is -1.62. The van der Waals surface area contributed by atoms with E-state index in [0.717, 1.165) is 6.07 Å². The van der Waals surface area contributed by atoms with E-state index < -0.39 is 33.6 Å². The summed E-state index contributed by atoms with van der Waals surface area (Å²) in [4.78, 5) is 4.20. The third kappa shape index (κ3) is 4.63. The molecule has 0 saturated carbocycles. The van der Waals surface area contributed by atoms with Gasteiger partial charge in [0.05, 0.1) is 17.4 Å². The molecule has 11 heteroatoms. The number of aryl methyl sites for hydroxylation is 1. The Morgan fingerprint density at radius 3 is 2.63 bits per heavy atom. The molecular weight excluding hydrogens is 405 g/mol. The first kappa shape index (κ1) is 21.7. The summed E-state index contributed by atoms with van der Waals surface area (Å²) in [6.45, 7) is 0.958. The lowest BCUT2D eigenvalue weighted by Gasteiger charge is -2.34. The molecule has 1 atom stereocenters. The maximum atomic E-state index is 13.2. The van der Waals surface area contributed by atoms with E-state index in [4.69, 9.17) is 0 Å². The SMILES string of the molecule is Cl.Cn1ccnc1C1CNCCN1S(=O)(=O)Cc1ccccc1C(F)(F)F. The monoisotopic (exact) mass is 424 g/mol. The zero-order valence-corrected chi connectivity index (χ0v) is 16.1. The fourth-order valence-corrected chi connectivity index (χ4v) is 4.88. The first-order chi connectivity index (χ1) is 12.2. The molecule has 150 valence electrons. The van der Waals surface area contributed by atoms with E-state index in [1.807, 2.05) is 0 Å². The van der Waals surface area contributed by atoms with E-state index in [9.17, 15) is 21.6 Å². The molecule has 1 aliphatic rings. The summed E-state index contributed by atoms with van der Waals surface area (Å²) in [6, 6.07) is 4.21. The number of sulfonamides is 1. The van der Waals surface area contributed by atoms with Crippen LogP contribution in [0.5, 0.6) is 0 Å². The fourth-order valence-electron chi connectivity index (χ4n) is 3.14. The highest BCUT2D eigenvalue weighted by molar-refractivity contribution is 7.88. The normalized spacial score (nSPS) is 18.9. The van der Waals surface area contributed by atoms with Crippen LogP contribution in [0.15, 0.2) is 36.7 Å². The Bertz CT molecular complexity index is 886. The van der Waals surface area contributed by atoms with Gasteiger partial charge in [0.25, 0.3) is 0 Å². The number of nitrogens with one attached hydrogen (secondary N) is 1. The van der Waals surface area contributed by atoms with Crippen LogP contribution in [-0.2, 0) is 29.0 Å². The summed E-state index contributed by atoms with van der Waals surface area (Å²) in [7, 11) is -2.22. The zero-order chi connectivity index (χ0) is 18.9. The Morgan fingerprint density at radius 2 is 2.00 bits per heavy atom. The number of nitrogens with zero attached hydrogens (tertiary/aromatic N) is 3. The Balaban J connectivity index is 0.00000261. The lowest BCUT2D eigenvalue weighted by molar-refractivity contribution is -0.138. The van der Waals surface area contributed by atoms with Gasteiger partial charge in [-0.05, 0) is 11.6 Å². The summed E-state index contributed by atoms with van der Waals surface area (Å²) >= 11 is 0. The van der Waals surface area contributed by atoms with Crippen LogP contribution in [0.3, 0.4) is 0 Å². The molecule has 0 aliphatic carbocycles. The minimum atomic E-state index is -4.60. The number of rotatable bonds is 4. The molecule has 0 amide bonds. The number of piperazine rings is 1. The van der Waals surface area contributed by atoms with Gasteiger partial charge in [0.15, 0.2) is 0 Å². The average molecular weight is 425 g/mol. The second-order valence-electron chi connectivity index (χ2n) is 6.14. The van der Waals surface area contributed by atoms with Crippen LogP contribution in [0.2, 0.25) is 0 Å². The standard InChI is InChI=1S/C16H19F3N4O2S.ClH/c1-22-8-7-21-15(22)14-10-20-6-9-23(14)26(24,25)11-12-4-2-3-5-13(12)16(17,18)19;/h2-5,7-8,14,20H,6,9-11H2,1H3;1H. The largest absolute Gasteiger partial charge is 0.416 e. The lowest BCUT2D eigenvalue weighted by atomic mass is 10.1. The smallest absolute Gasteiger partial charge is 0.337 e.